The average Bonchev–Trinajstić information content (AvgIpc) is 2.98. The molecule has 0 unspecified atom stereocenters. The SMILES string of the molecule is C#CCNC(=O)c1ccc(C2=c3cc4c(cc3Oc3cc5c(cc32)C(CS(=O)(=O)[O-])=CC(C)(C)N5)=[NH+]C(C)(C)C=C4CS(=O)(=O)O)c(C(=O)O)c1. The monoisotopic (exact) mass is 731 g/mol. The van der Waals surface area contributed by atoms with E-state index in [0.717, 1.165) is 0 Å². The van der Waals surface area contributed by atoms with E-state index in [1.54, 1.807) is 50.3 Å². The lowest BCUT2D eigenvalue weighted by molar-refractivity contribution is -0.568. The van der Waals surface area contributed by atoms with Crippen LogP contribution in [-0.2, 0) is 20.2 Å². The second kappa shape index (κ2) is 12.2. The van der Waals surface area contributed by atoms with Gasteiger partial charge in [0.25, 0.3) is 16.0 Å². The summed E-state index contributed by atoms with van der Waals surface area (Å²) in [6, 6.07) is 10.6. The molecule has 264 valence electrons. The molecule has 0 aromatic heterocycles. The second-order valence-corrected chi connectivity index (χ2v) is 16.5. The highest BCUT2D eigenvalue weighted by Crippen LogP contribution is 2.45. The van der Waals surface area contributed by atoms with Crippen molar-refractivity contribution in [3.05, 3.63) is 98.6 Å². The molecular formula is C36H33N3O10S2. The number of fused-ring (bicyclic) bond motifs is 4. The van der Waals surface area contributed by atoms with Crippen molar-refractivity contribution in [1.29, 1.82) is 0 Å². The molecule has 5 N–H and O–H groups in total. The van der Waals surface area contributed by atoms with Crippen LogP contribution in [0.25, 0.3) is 16.7 Å². The van der Waals surface area contributed by atoms with E-state index in [9.17, 15) is 40.6 Å². The molecule has 0 fully saturated rings. The van der Waals surface area contributed by atoms with E-state index in [2.05, 4.69) is 21.5 Å². The highest BCUT2D eigenvalue weighted by atomic mass is 32.2. The van der Waals surface area contributed by atoms with Crippen LogP contribution in [0.4, 0.5) is 5.69 Å². The summed E-state index contributed by atoms with van der Waals surface area (Å²) in [5, 5.41) is 17.1. The van der Waals surface area contributed by atoms with Crippen LogP contribution in [-0.4, -0.2) is 72.1 Å². The first kappa shape index (κ1) is 35.6. The van der Waals surface area contributed by atoms with Crippen molar-refractivity contribution in [3.8, 4) is 23.8 Å². The van der Waals surface area contributed by atoms with Gasteiger partial charge in [0.2, 0.25) is 5.36 Å². The van der Waals surface area contributed by atoms with Gasteiger partial charge < -0.3 is 25.0 Å². The van der Waals surface area contributed by atoms with Gasteiger partial charge in [-0.25, -0.2) is 18.2 Å². The van der Waals surface area contributed by atoms with Crippen molar-refractivity contribution >= 4 is 54.5 Å². The van der Waals surface area contributed by atoms with Gasteiger partial charge in [0, 0.05) is 53.1 Å². The van der Waals surface area contributed by atoms with E-state index >= 15 is 0 Å². The number of nitrogens with one attached hydrogen (secondary N) is 3. The lowest BCUT2D eigenvalue weighted by Crippen LogP contribution is -2.89. The lowest BCUT2D eigenvalue weighted by atomic mass is 9.84. The van der Waals surface area contributed by atoms with Gasteiger partial charge in [-0.1, -0.05) is 18.1 Å². The van der Waals surface area contributed by atoms with Crippen LogP contribution < -0.4 is 30.9 Å². The number of benzene rings is 3. The molecule has 1 amide bonds. The molecule has 3 aromatic rings. The number of hydrogen-bond acceptors (Lipinski definition) is 9. The third-order valence-electron chi connectivity index (χ3n) is 8.48. The molecule has 0 saturated heterocycles. The van der Waals surface area contributed by atoms with E-state index in [1.165, 1.54) is 18.2 Å². The number of hydrogen-bond donors (Lipinski definition) is 5. The molecule has 0 saturated carbocycles. The Bertz CT molecular complexity index is 2540. The number of amides is 1. The quantitative estimate of drug-likeness (QED) is 0.127. The molecule has 0 radical (unpaired) electrons. The second-order valence-electron chi connectivity index (χ2n) is 13.7. The van der Waals surface area contributed by atoms with E-state index in [0.29, 0.717) is 38.5 Å². The van der Waals surface area contributed by atoms with Gasteiger partial charge in [-0.2, -0.15) is 8.42 Å². The molecule has 13 nitrogen and oxygen atoms in total. The van der Waals surface area contributed by atoms with Crippen molar-refractivity contribution in [2.75, 3.05) is 23.4 Å². The molecule has 3 aliphatic rings. The van der Waals surface area contributed by atoms with Crippen LogP contribution in [0.1, 0.15) is 70.7 Å². The summed E-state index contributed by atoms with van der Waals surface area (Å²) >= 11 is 0. The summed E-state index contributed by atoms with van der Waals surface area (Å²) < 4.78 is 76.6. The van der Waals surface area contributed by atoms with Gasteiger partial charge in [-0.05, 0) is 60.9 Å². The molecule has 3 aromatic carbocycles. The standard InChI is InChI=1S/C36H33N3O10S2/c1-6-9-37-33(40)19-7-8-22(25(10-19)34(41)42)32-26-11-23-20(17-50(43,44)45)15-35(2,3)38-28(23)13-30(26)49-31-14-29-24(12-27(31)32)21(18-51(46,47)48)16-36(4,5)39-29/h1,7-8,10-16,38H,9,17-18H2,2-5H3,(H,37,40)(H,41,42)(H,43,44,45)(H,46,47,48). The van der Waals surface area contributed by atoms with Crippen LogP contribution in [0.15, 0.2) is 54.6 Å². The lowest BCUT2D eigenvalue weighted by Gasteiger charge is -2.34. The number of terminal acetylenes is 1. The molecule has 3 aliphatic heterocycles. The molecule has 0 atom stereocenters. The van der Waals surface area contributed by atoms with Gasteiger partial charge >= 0.3 is 5.97 Å². The summed E-state index contributed by atoms with van der Waals surface area (Å²) in [6.07, 6.45) is 8.58. The van der Waals surface area contributed by atoms with Gasteiger partial charge in [-0.15, -0.1) is 6.42 Å². The average molecular weight is 732 g/mol. The Morgan fingerprint density at radius 1 is 0.941 bits per heavy atom. The van der Waals surface area contributed by atoms with Crippen LogP contribution in [0.3, 0.4) is 0 Å². The third kappa shape index (κ3) is 7.31. The van der Waals surface area contributed by atoms with E-state index in [1.807, 2.05) is 13.8 Å². The molecule has 6 rings (SSSR count). The van der Waals surface area contributed by atoms with Crippen LogP contribution in [0.2, 0.25) is 0 Å². The van der Waals surface area contributed by atoms with E-state index < -0.39 is 54.7 Å². The number of carbonyl (C=O) groups is 2. The van der Waals surface area contributed by atoms with E-state index in [-0.39, 0.29) is 45.9 Å². The summed E-state index contributed by atoms with van der Waals surface area (Å²) in [5.41, 5.74) is 0.803. The predicted octanol–water partition coefficient (Wildman–Crippen LogP) is 0.997. The minimum absolute atomic E-state index is 0.0255. The maximum absolute atomic E-state index is 12.9. The summed E-state index contributed by atoms with van der Waals surface area (Å²) in [4.78, 5) is 29.0. The van der Waals surface area contributed by atoms with E-state index in [4.69, 9.17) is 11.2 Å². The van der Waals surface area contributed by atoms with Crippen molar-refractivity contribution in [1.82, 2.24) is 5.32 Å². The smallest absolute Gasteiger partial charge is 0.336 e. The topological polar surface area (TPSA) is 213 Å². The Morgan fingerprint density at radius 2 is 1.65 bits per heavy atom. The Morgan fingerprint density at radius 3 is 2.29 bits per heavy atom. The highest BCUT2D eigenvalue weighted by Gasteiger charge is 2.34. The van der Waals surface area contributed by atoms with Gasteiger partial charge in [0.05, 0.1) is 45.1 Å². The number of carbonyl (C=O) groups excluding carboxylic acids is 1. The normalized spacial score (nSPS) is 16.6. The fourth-order valence-electron chi connectivity index (χ4n) is 6.74. The molecule has 0 aliphatic carbocycles. The molecule has 51 heavy (non-hydrogen) atoms. The fourth-order valence-corrected chi connectivity index (χ4v) is 8.00. The zero-order chi connectivity index (χ0) is 37.3. The summed E-state index contributed by atoms with van der Waals surface area (Å²) in [7, 11) is -9.21. The minimum atomic E-state index is -4.73. The number of aromatic carboxylic acids is 1. The Balaban J connectivity index is 1.72. The summed E-state index contributed by atoms with van der Waals surface area (Å²) in [6.45, 7) is 7.16. The molecule has 0 bridgehead atoms. The maximum Gasteiger partial charge on any atom is 0.336 e. The first-order valence-electron chi connectivity index (χ1n) is 15.5. The zero-order valence-electron chi connectivity index (χ0n) is 27.9. The number of anilines is 1. The zero-order valence-corrected chi connectivity index (χ0v) is 29.5. The first-order valence-corrected chi connectivity index (χ1v) is 18.7. The van der Waals surface area contributed by atoms with Gasteiger partial charge in [0.15, 0.2) is 5.54 Å². The fraction of sp³-hybridized carbons (Fsp3) is 0.250. The van der Waals surface area contributed by atoms with Crippen LogP contribution in [0, 0.1) is 12.3 Å². The molecule has 3 heterocycles. The third-order valence-corrected chi connectivity index (χ3v) is 9.82. The minimum Gasteiger partial charge on any atom is -0.748 e. The highest BCUT2D eigenvalue weighted by molar-refractivity contribution is 7.86. The predicted molar refractivity (Wildman–Crippen MR) is 187 cm³/mol. The van der Waals surface area contributed by atoms with Crippen LogP contribution >= 0.6 is 0 Å². The first-order chi connectivity index (χ1) is 23.6. The molecule has 0 spiro atoms. The number of carboxylic acid groups (broad SMARTS) is 1. The van der Waals surface area contributed by atoms with Gasteiger partial charge in [-0.3, -0.25) is 9.35 Å². The van der Waals surface area contributed by atoms with Crippen LogP contribution in [0.5, 0.6) is 11.5 Å². The number of ether oxygens (including phenoxy) is 1. The Hall–Kier alpha value is -5.27. The van der Waals surface area contributed by atoms with Gasteiger partial charge in [0.1, 0.15) is 17.3 Å². The molecule has 15 heteroatoms. The van der Waals surface area contributed by atoms with Crippen molar-refractivity contribution in [2.45, 2.75) is 38.8 Å². The number of rotatable bonds is 8. The molecular weight excluding hydrogens is 699 g/mol. The largest absolute Gasteiger partial charge is 0.748 e. The van der Waals surface area contributed by atoms with Crippen molar-refractivity contribution < 1.29 is 50.4 Å². The Labute approximate surface area is 294 Å². The van der Waals surface area contributed by atoms with Crippen molar-refractivity contribution in [3.63, 3.8) is 0 Å². The summed E-state index contributed by atoms with van der Waals surface area (Å²) in [5.74, 6) is -0.652. The van der Waals surface area contributed by atoms with Crippen molar-refractivity contribution in [2.24, 2.45) is 0 Å². The number of carboxylic acids is 1. The Kier molecular flexibility index (Phi) is 8.51. The maximum atomic E-state index is 12.9.